The van der Waals surface area contributed by atoms with E-state index >= 15 is 0 Å². The van der Waals surface area contributed by atoms with Crippen LogP contribution >= 0.6 is 15.9 Å². The molecular weight excluding hydrogens is 372 g/mol. The lowest BCUT2D eigenvalue weighted by Gasteiger charge is -2.45. The van der Waals surface area contributed by atoms with Gasteiger partial charge < -0.3 is 16.2 Å². The highest BCUT2D eigenvalue weighted by atomic mass is 79.9. The first-order valence-corrected chi connectivity index (χ1v) is 8.58. The Morgan fingerprint density at radius 1 is 1.29 bits per heavy atom. The van der Waals surface area contributed by atoms with Gasteiger partial charge in [0.15, 0.2) is 5.75 Å². The molecule has 1 aromatic carbocycles. The normalized spacial score (nSPS) is 19.5. The number of ether oxygens (including phenoxy) is 1. The van der Waals surface area contributed by atoms with Crippen molar-refractivity contribution in [2.75, 3.05) is 12.0 Å². The topological polar surface area (TPSA) is 113 Å². The molecule has 2 aliphatic rings. The number of benzene rings is 1. The molecule has 0 bridgehead atoms. The number of nitrogens with two attached hydrogens (primary N) is 2. The lowest BCUT2D eigenvalue weighted by atomic mass is 9.87. The smallest absolute Gasteiger partial charge is 0.220 e. The van der Waals surface area contributed by atoms with Gasteiger partial charge in [-0.05, 0) is 53.7 Å². The van der Waals surface area contributed by atoms with Gasteiger partial charge in [-0.25, -0.2) is 4.99 Å². The van der Waals surface area contributed by atoms with Crippen molar-refractivity contribution in [2.45, 2.75) is 37.8 Å². The van der Waals surface area contributed by atoms with Crippen molar-refractivity contribution in [1.29, 1.82) is 5.26 Å². The SMILES string of the molecule is COc1c(Br)ccc(N2C(N)=NC(N)=NC23CCCCC3)c1C#N. The second kappa shape index (κ2) is 6.32. The molecule has 0 atom stereocenters. The third-order valence-corrected chi connectivity index (χ3v) is 5.12. The summed E-state index contributed by atoms with van der Waals surface area (Å²) < 4.78 is 6.10. The quantitative estimate of drug-likeness (QED) is 0.804. The highest BCUT2D eigenvalue weighted by Gasteiger charge is 2.43. The molecule has 0 radical (unpaired) electrons. The lowest BCUT2D eigenvalue weighted by Crippen LogP contribution is -2.58. The molecule has 1 aliphatic carbocycles. The van der Waals surface area contributed by atoms with E-state index in [1.54, 1.807) is 0 Å². The van der Waals surface area contributed by atoms with E-state index in [0.717, 1.165) is 32.1 Å². The zero-order valence-electron chi connectivity index (χ0n) is 13.4. The van der Waals surface area contributed by atoms with Crippen LogP contribution in [0.15, 0.2) is 26.6 Å². The number of guanidine groups is 2. The second-order valence-electron chi connectivity index (χ2n) is 5.91. The molecule has 4 N–H and O–H groups in total. The maximum atomic E-state index is 9.69. The van der Waals surface area contributed by atoms with Crippen LogP contribution in [0.1, 0.15) is 37.7 Å². The van der Waals surface area contributed by atoms with Crippen LogP contribution in [0.4, 0.5) is 5.69 Å². The first-order valence-electron chi connectivity index (χ1n) is 7.79. The van der Waals surface area contributed by atoms with Crippen LogP contribution in [-0.4, -0.2) is 24.7 Å². The number of hydrogen-bond acceptors (Lipinski definition) is 7. The Bertz CT molecular complexity index is 761. The van der Waals surface area contributed by atoms with E-state index in [1.807, 2.05) is 17.0 Å². The van der Waals surface area contributed by atoms with Gasteiger partial charge in [-0.1, -0.05) is 6.42 Å². The molecule has 7 nitrogen and oxygen atoms in total. The van der Waals surface area contributed by atoms with E-state index in [2.05, 4.69) is 32.0 Å². The standard InChI is InChI=1S/C16H19BrN6O/c1-24-13-10(9-18)12(6-5-11(13)17)23-15(20)21-14(19)22-16(23)7-3-2-4-8-16/h5-6H,2-4,7-8H2,1H3,(H4,19,20,21,22). The maximum Gasteiger partial charge on any atom is 0.220 e. The third-order valence-electron chi connectivity index (χ3n) is 4.50. The van der Waals surface area contributed by atoms with Gasteiger partial charge in [0.05, 0.1) is 17.3 Å². The number of methoxy groups -OCH3 is 1. The highest BCUT2D eigenvalue weighted by Crippen LogP contribution is 2.43. The van der Waals surface area contributed by atoms with Gasteiger partial charge >= 0.3 is 0 Å². The highest BCUT2D eigenvalue weighted by molar-refractivity contribution is 9.10. The molecule has 1 saturated carbocycles. The fraction of sp³-hybridized carbons (Fsp3) is 0.438. The molecule has 1 aromatic rings. The predicted molar refractivity (Wildman–Crippen MR) is 96.9 cm³/mol. The summed E-state index contributed by atoms with van der Waals surface area (Å²) in [6, 6.07) is 5.89. The number of nitriles is 1. The van der Waals surface area contributed by atoms with Crippen molar-refractivity contribution in [3.05, 3.63) is 22.2 Å². The molecule has 24 heavy (non-hydrogen) atoms. The molecule has 0 amide bonds. The summed E-state index contributed by atoms with van der Waals surface area (Å²) in [6.07, 6.45) is 4.82. The van der Waals surface area contributed by atoms with E-state index in [4.69, 9.17) is 16.2 Å². The van der Waals surface area contributed by atoms with Gasteiger partial charge in [0.25, 0.3) is 0 Å². The Hall–Kier alpha value is -2.27. The number of halogens is 1. The Kier molecular flexibility index (Phi) is 4.37. The van der Waals surface area contributed by atoms with Gasteiger partial charge in [0, 0.05) is 0 Å². The number of rotatable bonds is 2. The van der Waals surface area contributed by atoms with Crippen LogP contribution in [0.25, 0.3) is 0 Å². The molecular formula is C16H19BrN6O. The van der Waals surface area contributed by atoms with Crippen molar-refractivity contribution in [2.24, 2.45) is 21.5 Å². The average molecular weight is 391 g/mol. The number of anilines is 1. The number of hydrogen-bond donors (Lipinski definition) is 2. The van der Waals surface area contributed by atoms with Gasteiger partial charge in [-0.2, -0.15) is 10.3 Å². The average Bonchev–Trinajstić information content (AvgIpc) is 2.55. The van der Waals surface area contributed by atoms with E-state index in [0.29, 0.717) is 21.5 Å². The third kappa shape index (κ3) is 2.59. The molecule has 0 aromatic heterocycles. The Morgan fingerprint density at radius 2 is 2.00 bits per heavy atom. The Balaban J connectivity index is 2.20. The van der Waals surface area contributed by atoms with Crippen LogP contribution in [0.3, 0.4) is 0 Å². The Morgan fingerprint density at radius 3 is 2.62 bits per heavy atom. The van der Waals surface area contributed by atoms with E-state index < -0.39 is 5.66 Å². The second-order valence-corrected chi connectivity index (χ2v) is 6.76. The first kappa shape index (κ1) is 16.6. The van der Waals surface area contributed by atoms with Crippen molar-refractivity contribution in [3.8, 4) is 11.8 Å². The molecule has 8 heteroatoms. The molecule has 126 valence electrons. The van der Waals surface area contributed by atoms with Crippen molar-refractivity contribution < 1.29 is 4.74 Å². The van der Waals surface area contributed by atoms with Crippen molar-refractivity contribution in [3.63, 3.8) is 0 Å². The molecule has 3 rings (SSSR count). The molecule has 0 unspecified atom stereocenters. The number of aliphatic imine (C=N–C) groups is 2. The van der Waals surface area contributed by atoms with Gasteiger partial charge in [-0.3, -0.25) is 4.90 Å². The summed E-state index contributed by atoms with van der Waals surface area (Å²) in [5, 5.41) is 9.69. The fourth-order valence-corrected chi connectivity index (χ4v) is 4.00. The van der Waals surface area contributed by atoms with Gasteiger partial charge in [-0.15, -0.1) is 0 Å². The van der Waals surface area contributed by atoms with E-state index in [1.165, 1.54) is 7.11 Å². The van der Waals surface area contributed by atoms with Crippen molar-refractivity contribution >= 4 is 33.5 Å². The first-order chi connectivity index (χ1) is 11.5. The summed E-state index contributed by atoms with van der Waals surface area (Å²) in [4.78, 5) is 10.6. The molecule has 0 saturated heterocycles. The molecule has 1 heterocycles. The fourth-order valence-electron chi connectivity index (χ4n) is 3.51. The zero-order valence-corrected chi connectivity index (χ0v) is 15.0. The summed E-state index contributed by atoms with van der Waals surface area (Å²) in [7, 11) is 1.53. The van der Waals surface area contributed by atoms with E-state index in [-0.39, 0.29) is 11.9 Å². The molecule has 1 aliphatic heterocycles. The summed E-state index contributed by atoms with van der Waals surface area (Å²) in [6.45, 7) is 0. The van der Waals surface area contributed by atoms with E-state index in [9.17, 15) is 5.26 Å². The maximum absolute atomic E-state index is 9.69. The summed E-state index contributed by atoms with van der Waals surface area (Å²) in [5.41, 5.74) is 12.5. The van der Waals surface area contributed by atoms with Crippen molar-refractivity contribution in [1.82, 2.24) is 0 Å². The molecule has 1 fully saturated rings. The summed E-state index contributed by atoms with van der Waals surface area (Å²) >= 11 is 3.41. The minimum absolute atomic E-state index is 0.188. The largest absolute Gasteiger partial charge is 0.494 e. The zero-order chi connectivity index (χ0) is 17.3. The van der Waals surface area contributed by atoms with Gasteiger partial charge in [0.1, 0.15) is 17.3 Å². The summed E-state index contributed by atoms with van der Waals surface area (Å²) in [5.74, 6) is 0.912. The van der Waals surface area contributed by atoms with Crippen LogP contribution < -0.4 is 21.1 Å². The van der Waals surface area contributed by atoms with Crippen LogP contribution in [0.2, 0.25) is 0 Å². The molecule has 1 spiro atoms. The minimum atomic E-state index is -0.585. The van der Waals surface area contributed by atoms with Crippen LogP contribution in [-0.2, 0) is 0 Å². The number of nitrogens with zero attached hydrogens (tertiary/aromatic N) is 4. The predicted octanol–water partition coefficient (Wildman–Crippen LogP) is 2.44. The van der Waals surface area contributed by atoms with Gasteiger partial charge in [0.2, 0.25) is 11.9 Å². The minimum Gasteiger partial charge on any atom is -0.494 e. The lowest BCUT2D eigenvalue weighted by molar-refractivity contribution is 0.305. The Labute approximate surface area is 149 Å². The van der Waals surface area contributed by atoms with Crippen LogP contribution in [0, 0.1) is 11.3 Å². The van der Waals surface area contributed by atoms with Crippen LogP contribution in [0.5, 0.6) is 5.75 Å². The monoisotopic (exact) mass is 390 g/mol.